The van der Waals surface area contributed by atoms with Gasteiger partial charge in [-0.3, -0.25) is 0 Å². The fourth-order valence-electron chi connectivity index (χ4n) is 0.894. The van der Waals surface area contributed by atoms with Crippen molar-refractivity contribution in [1.29, 1.82) is 5.26 Å². The SMILES string of the molecule is N#Cc1n[nH]nc1-c1ccco1. The van der Waals surface area contributed by atoms with Crippen molar-refractivity contribution in [1.82, 2.24) is 15.4 Å². The predicted octanol–water partition coefficient (Wildman–Crippen LogP) is 0.936. The quantitative estimate of drug-likeness (QED) is 0.673. The maximum Gasteiger partial charge on any atom is 0.193 e. The van der Waals surface area contributed by atoms with E-state index >= 15 is 0 Å². The molecule has 2 rings (SSSR count). The second-order valence-electron chi connectivity index (χ2n) is 2.11. The van der Waals surface area contributed by atoms with E-state index in [4.69, 9.17) is 9.68 Å². The molecule has 0 aromatic carbocycles. The highest BCUT2D eigenvalue weighted by Crippen LogP contribution is 2.18. The molecule has 0 aliphatic rings. The second kappa shape index (κ2) is 2.51. The van der Waals surface area contributed by atoms with Crippen LogP contribution in [0.2, 0.25) is 0 Å². The van der Waals surface area contributed by atoms with Crippen LogP contribution in [-0.4, -0.2) is 15.4 Å². The average Bonchev–Trinajstić information content (AvgIpc) is 2.74. The van der Waals surface area contributed by atoms with E-state index in [0.717, 1.165) is 0 Å². The predicted molar refractivity (Wildman–Crippen MR) is 38.8 cm³/mol. The van der Waals surface area contributed by atoms with Crippen molar-refractivity contribution in [3.05, 3.63) is 24.1 Å². The molecule has 0 aliphatic heterocycles. The molecule has 2 aromatic rings. The van der Waals surface area contributed by atoms with E-state index in [1.807, 2.05) is 6.07 Å². The molecular weight excluding hydrogens is 156 g/mol. The number of aromatic amines is 1. The van der Waals surface area contributed by atoms with Crippen LogP contribution in [-0.2, 0) is 0 Å². The molecule has 0 amide bonds. The Bertz CT molecular complexity index is 409. The number of nitrogens with zero attached hydrogens (tertiary/aromatic N) is 3. The molecule has 2 heterocycles. The zero-order valence-corrected chi connectivity index (χ0v) is 5.98. The van der Waals surface area contributed by atoms with Crippen LogP contribution in [0.3, 0.4) is 0 Å². The molecule has 0 unspecified atom stereocenters. The third-order valence-electron chi connectivity index (χ3n) is 1.41. The van der Waals surface area contributed by atoms with Gasteiger partial charge in [-0.15, -0.1) is 5.10 Å². The number of H-pyrrole nitrogens is 1. The number of aromatic nitrogens is 3. The maximum absolute atomic E-state index is 8.59. The van der Waals surface area contributed by atoms with Crippen LogP contribution >= 0.6 is 0 Å². The van der Waals surface area contributed by atoms with Gasteiger partial charge in [0.15, 0.2) is 17.1 Å². The summed E-state index contributed by atoms with van der Waals surface area (Å²) in [5.74, 6) is 0.542. The Labute approximate surface area is 67.6 Å². The summed E-state index contributed by atoms with van der Waals surface area (Å²) < 4.78 is 5.05. The second-order valence-corrected chi connectivity index (χ2v) is 2.11. The van der Waals surface area contributed by atoms with E-state index in [1.54, 1.807) is 12.1 Å². The molecular formula is C7H4N4O. The van der Waals surface area contributed by atoms with Gasteiger partial charge < -0.3 is 4.42 Å². The van der Waals surface area contributed by atoms with Gasteiger partial charge in [-0.1, -0.05) is 0 Å². The molecule has 2 aromatic heterocycles. The minimum absolute atomic E-state index is 0.241. The Morgan fingerprint density at radius 2 is 2.42 bits per heavy atom. The molecule has 0 radical (unpaired) electrons. The number of hydrogen-bond donors (Lipinski definition) is 1. The summed E-state index contributed by atoms with van der Waals surface area (Å²) in [6, 6.07) is 5.35. The van der Waals surface area contributed by atoms with Crippen LogP contribution in [0.5, 0.6) is 0 Å². The van der Waals surface area contributed by atoms with Crippen LogP contribution in [0.1, 0.15) is 5.69 Å². The molecule has 1 N–H and O–H groups in total. The molecule has 12 heavy (non-hydrogen) atoms. The van der Waals surface area contributed by atoms with Gasteiger partial charge in [0.2, 0.25) is 0 Å². The van der Waals surface area contributed by atoms with Crippen molar-refractivity contribution in [2.24, 2.45) is 0 Å². The van der Waals surface area contributed by atoms with Gasteiger partial charge in [-0.2, -0.15) is 15.6 Å². The lowest BCUT2D eigenvalue weighted by Crippen LogP contribution is -1.78. The number of nitrogens with one attached hydrogen (secondary N) is 1. The van der Waals surface area contributed by atoms with Gasteiger partial charge in [0, 0.05) is 0 Å². The van der Waals surface area contributed by atoms with Gasteiger partial charge in [-0.05, 0) is 12.1 Å². The number of furan rings is 1. The van der Waals surface area contributed by atoms with Gasteiger partial charge >= 0.3 is 0 Å². The average molecular weight is 160 g/mol. The molecule has 5 heteroatoms. The molecule has 0 fully saturated rings. The van der Waals surface area contributed by atoms with E-state index < -0.39 is 0 Å². The normalized spacial score (nSPS) is 9.58. The fourth-order valence-corrected chi connectivity index (χ4v) is 0.894. The van der Waals surface area contributed by atoms with Crippen molar-refractivity contribution in [3.8, 4) is 17.5 Å². The first-order chi connectivity index (χ1) is 5.92. The largest absolute Gasteiger partial charge is 0.463 e. The Morgan fingerprint density at radius 1 is 1.50 bits per heavy atom. The zero-order valence-electron chi connectivity index (χ0n) is 5.98. The van der Waals surface area contributed by atoms with Gasteiger partial charge in [0.05, 0.1) is 6.26 Å². The highest BCUT2D eigenvalue weighted by Gasteiger charge is 2.10. The van der Waals surface area contributed by atoms with Gasteiger partial charge in [0.25, 0.3) is 0 Å². The molecule has 0 bridgehead atoms. The van der Waals surface area contributed by atoms with Crippen LogP contribution < -0.4 is 0 Å². The Balaban J connectivity index is 2.55. The minimum Gasteiger partial charge on any atom is -0.463 e. The lowest BCUT2D eigenvalue weighted by molar-refractivity contribution is 0.579. The molecule has 58 valence electrons. The first-order valence-corrected chi connectivity index (χ1v) is 3.26. The lowest BCUT2D eigenvalue weighted by Gasteiger charge is -1.85. The summed E-state index contributed by atoms with van der Waals surface area (Å²) in [5.41, 5.74) is 0.687. The molecule has 0 aliphatic carbocycles. The first kappa shape index (κ1) is 6.61. The number of nitriles is 1. The van der Waals surface area contributed by atoms with Crippen molar-refractivity contribution >= 4 is 0 Å². The summed E-state index contributed by atoms with van der Waals surface area (Å²) in [6.07, 6.45) is 1.52. The summed E-state index contributed by atoms with van der Waals surface area (Å²) in [6.45, 7) is 0. The third kappa shape index (κ3) is 0.864. The van der Waals surface area contributed by atoms with E-state index in [-0.39, 0.29) is 5.69 Å². The third-order valence-corrected chi connectivity index (χ3v) is 1.41. The monoisotopic (exact) mass is 160 g/mol. The summed E-state index contributed by atoms with van der Waals surface area (Å²) in [5, 5.41) is 18.4. The topological polar surface area (TPSA) is 78.5 Å². The fraction of sp³-hybridized carbons (Fsp3) is 0. The molecule has 5 nitrogen and oxygen atoms in total. The van der Waals surface area contributed by atoms with E-state index in [2.05, 4.69) is 15.4 Å². The van der Waals surface area contributed by atoms with Crippen LogP contribution in [0.25, 0.3) is 11.5 Å². The van der Waals surface area contributed by atoms with E-state index in [0.29, 0.717) is 11.5 Å². The summed E-state index contributed by atoms with van der Waals surface area (Å²) >= 11 is 0. The standard InChI is InChI=1S/C7H4N4O/c8-4-5-7(10-11-9-5)6-2-1-3-12-6/h1-3H,(H,9,10,11). The molecule has 0 atom stereocenters. The van der Waals surface area contributed by atoms with Crippen LogP contribution in [0.15, 0.2) is 22.8 Å². The Kier molecular flexibility index (Phi) is 1.38. The van der Waals surface area contributed by atoms with Crippen molar-refractivity contribution in [2.45, 2.75) is 0 Å². The lowest BCUT2D eigenvalue weighted by atomic mass is 10.3. The molecule has 0 saturated heterocycles. The number of hydrogen-bond acceptors (Lipinski definition) is 4. The highest BCUT2D eigenvalue weighted by molar-refractivity contribution is 5.57. The van der Waals surface area contributed by atoms with Gasteiger partial charge in [0.1, 0.15) is 6.07 Å². The molecule has 0 saturated carbocycles. The zero-order chi connectivity index (χ0) is 8.39. The maximum atomic E-state index is 8.59. The molecule has 0 spiro atoms. The summed E-state index contributed by atoms with van der Waals surface area (Å²) in [4.78, 5) is 0. The highest BCUT2D eigenvalue weighted by atomic mass is 16.3. The van der Waals surface area contributed by atoms with Crippen LogP contribution in [0, 0.1) is 11.3 Å². The van der Waals surface area contributed by atoms with Crippen molar-refractivity contribution in [3.63, 3.8) is 0 Å². The smallest absolute Gasteiger partial charge is 0.193 e. The Hall–Kier alpha value is -2.09. The van der Waals surface area contributed by atoms with Gasteiger partial charge in [-0.25, -0.2) is 0 Å². The van der Waals surface area contributed by atoms with E-state index in [1.165, 1.54) is 6.26 Å². The first-order valence-electron chi connectivity index (χ1n) is 3.26. The Morgan fingerprint density at radius 3 is 3.08 bits per heavy atom. The van der Waals surface area contributed by atoms with Crippen molar-refractivity contribution in [2.75, 3.05) is 0 Å². The van der Waals surface area contributed by atoms with Crippen molar-refractivity contribution < 1.29 is 4.42 Å². The number of rotatable bonds is 1. The van der Waals surface area contributed by atoms with Crippen LogP contribution in [0.4, 0.5) is 0 Å². The minimum atomic E-state index is 0.241. The summed E-state index contributed by atoms with van der Waals surface area (Å²) in [7, 11) is 0. The van der Waals surface area contributed by atoms with E-state index in [9.17, 15) is 0 Å².